The second kappa shape index (κ2) is 14.5. The predicted molar refractivity (Wildman–Crippen MR) is 80.3 cm³/mol. The molecule has 0 saturated heterocycles. The maximum atomic E-state index is 9.68. The first-order chi connectivity index (χ1) is 8.97. The molecule has 1 N–H and O–H groups in total. The Morgan fingerprint density at radius 3 is 1.95 bits per heavy atom. The van der Waals surface area contributed by atoms with Crippen LogP contribution in [0.2, 0.25) is 0 Å². The summed E-state index contributed by atoms with van der Waals surface area (Å²) in [6.45, 7) is 3.52. The molecule has 0 saturated carbocycles. The van der Waals surface area contributed by atoms with Crippen LogP contribution in [0, 0.1) is 5.53 Å². The van der Waals surface area contributed by atoms with Gasteiger partial charge in [0.1, 0.15) is 5.53 Å². The van der Waals surface area contributed by atoms with Crippen LogP contribution in [-0.4, -0.2) is 10.2 Å². The van der Waals surface area contributed by atoms with E-state index in [2.05, 4.69) is 35.3 Å². The Balaban J connectivity index is 0. The molecule has 0 bridgehead atoms. The number of carbonyl (C=O) groups is 2. The summed E-state index contributed by atoms with van der Waals surface area (Å²) < 4.78 is 0. The molecule has 0 atom stereocenters. The first-order valence-corrected chi connectivity index (χ1v) is 6.37. The molecule has 5 nitrogen and oxygen atoms in total. The third-order valence-corrected chi connectivity index (χ3v) is 2.12. The summed E-state index contributed by atoms with van der Waals surface area (Å²) in [7, 11) is 0. The van der Waals surface area contributed by atoms with Crippen molar-refractivity contribution in [3.63, 3.8) is 0 Å². The lowest BCUT2D eigenvalue weighted by Gasteiger charge is -1.91. The van der Waals surface area contributed by atoms with Gasteiger partial charge in [0.25, 0.3) is 0 Å². The van der Waals surface area contributed by atoms with Gasteiger partial charge in [-0.25, -0.2) is 0 Å². The molecular weight excluding hydrogens is 282 g/mol. The van der Waals surface area contributed by atoms with Gasteiger partial charge in [0, 0.05) is 11.5 Å². The third kappa shape index (κ3) is 19.0. The number of hydrogen-bond donors (Lipinski definition) is 2. The Kier molecular flexibility index (Phi) is 15.1. The molecule has 0 spiro atoms. The Hall–Kier alpha value is -1.56. The van der Waals surface area contributed by atoms with Crippen LogP contribution in [0.5, 0.6) is 0 Å². The fourth-order valence-corrected chi connectivity index (χ4v) is 0.552. The zero-order valence-corrected chi connectivity index (χ0v) is 12.6. The summed E-state index contributed by atoms with van der Waals surface area (Å²) in [5.41, 5.74) is 7.11. The topological polar surface area (TPSA) is 84.5 Å². The molecule has 0 amide bonds. The molecule has 1 rings (SSSR count). The van der Waals surface area contributed by atoms with E-state index in [0.29, 0.717) is 18.5 Å². The van der Waals surface area contributed by atoms with Crippen LogP contribution in [-0.2, 0) is 22.2 Å². The van der Waals surface area contributed by atoms with Crippen LogP contribution in [0.25, 0.3) is 0 Å². The molecule has 0 aliphatic rings. The fourth-order valence-electron chi connectivity index (χ4n) is 0.552. The summed E-state index contributed by atoms with van der Waals surface area (Å²) in [6.07, 6.45) is 1.01. The number of nitrogens with one attached hydrogen (secondary N) is 1. The molecule has 1 aromatic carbocycles. The highest BCUT2D eigenvalue weighted by atomic mass is 32.1. The van der Waals surface area contributed by atoms with E-state index in [4.69, 9.17) is 5.53 Å². The molecule has 0 aliphatic carbocycles. The van der Waals surface area contributed by atoms with Gasteiger partial charge < -0.3 is 17.4 Å². The van der Waals surface area contributed by atoms with E-state index in [1.165, 1.54) is 0 Å². The molecular formula is C12H17N3O2S2. The van der Waals surface area contributed by atoms with E-state index in [1.54, 1.807) is 26.0 Å². The lowest BCUT2D eigenvalue weighted by Crippen LogP contribution is -1.82. The van der Waals surface area contributed by atoms with Crippen molar-refractivity contribution in [1.29, 1.82) is 5.53 Å². The van der Waals surface area contributed by atoms with Gasteiger partial charge in [-0.05, 0) is 18.6 Å². The molecule has 0 aliphatic heterocycles. The molecule has 0 aromatic heterocycles. The Morgan fingerprint density at radius 2 is 1.68 bits per heavy atom. The number of rotatable bonds is 3. The molecule has 7 heteroatoms. The number of hydrogen-bond acceptors (Lipinski definition) is 5. The smallest absolute Gasteiger partial charge is 0.220 e. The minimum absolute atomic E-state index is 0.0509. The third-order valence-electron chi connectivity index (χ3n) is 1.51. The van der Waals surface area contributed by atoms with Crippen molar-refractivity contribution in [2.24, 2.45) is 5.11 Å². The molecule has 0 fully saturated rings. The van der Waals surface area contributed by atoms with Crippen LogP contribution in [0.15, 0.2) is 35.4 Å². The van der Waals surface area contributed by atoms with E-state index >= 15 is 0 Å². The maximum Gasteiger partial charge on any atom is 0.220 e. The van der Waals surface area contributed by atoms with Gasteiger partial charge >= 0.3 is 0 Å². The van der Waals surface area contributed by atoms with Crippen molar-refractivity contribution >= 4 is 41.2 Å². The van der Waals surface area contributed by atoms with E-state index < -0.39 is 0 Å². The number of carbonyl (C=O) groups excluding carboxylic acids is 2. The molecule has 0 heterocycles. The number of benzene rings is 1. The van der Waals surface area contributed by atoms with E-state index in [9.17, 15) is 9.59 Å². The standard InChI is InChI=1S/C6H6N3.2C3H6OS/c7-9-8-6-4-2-1-3-5-6;2*1-2-3(4)5/h1-5,7H;2*2H2,1H3,(H,4,5)/q+1;;/p-1. The van der Waals surface area contributed by atoms with Crippen molar-refractivity contribution in [2.75, 3.05) is 0 Å². The monoisotopic (exact) mass is 299 g/mol. The molecule has 19 heavy (non-hydrogen) atoms. The molecule has 1 aromatic rings. The van der Waals surface area contributed by atoms with Gasteiger partial charge in [0.15, 0.2) is 15.9 Å². The zero-order valence-electron chi connectivity index (χ0n) is 10.9. The minimum atomic E-state index is -0.162. The molecule has 0 radical (unpaired) electrons. The Bertz CT molecular complexity index is 404. The van der Waals surface area contributed by atoms with Crippen LogP contribution in [0.4, 0.5) is 5.69 Å². The first kappa shape index (κ1) is 19.8. The lowest BCUT2D eigenvalue weighted by atomic mass is 10.3. The molecule has 0 unspecified atom stereocenters. The zero-order chi connectivity index (χ0) is 15.1. The summed E-state index contributed by atoms with van der Waals surface area (Å²) >= 11 is 7.60. The highest BCUT2D eigenvalue weighted by Crippen LogP contribution is 2.06. The van der Waals surface area contributed by atoms with E-state index in [1.807, 2.05) is 18.2 Å². The quantitative estimate of drug-likeness (QED) is 0.389. The maximum absolute atomic E-state index is 9.68. The highest BCUT2D eigenvalue weighted by Gasteiger charge is 1.88. The van der Waals surface area contributed by atoms with Crippen LogP contribution < -0.4 is 4.91 Å². The van der Waals surface area contributed by atoms with Crippen LogP contribution in [0.1, 0.15) is 26.7 Å². The Labute approximate surface area is 123 Å². The lowest BCUT2D eigenvalue weighted by molar-refractivity contribution is -0.111. The average molecular weight is 299 g/mol. The second-order valence-electron chi connectivity index (χ2n) is 3.01. The minimum Gasteiger partial charge on any atom is -0.742 e. The van der Waals surface area contributed by atoms with Gasteiger partial charge in [-0.1, -0.05) is 32.0 Å². The average Bonchev–Trinajstić information content (AvgIpc) is 2.41. The Morgan fingerprint density at radius 1 is 1.26 bits per heavy atom. The van der Waals surface area contributed by atoms with Crippen molar-refractivity contribution in [2.45, 2.75) is 26.7 Å². The van der Waals surface area contributed by atoms with Gasteiger partial charge in [-0.2, -0.15) is 0 Å². The summed E-state index contributed by atoms with van der Waals surface area (Å²) in [6, 6.07) is 9.17. The van der Waals surface area contributed by atoms with Gasteiger partial charge in [0.05, 0.1) is 0 Å². The van der Waals surface area contributed by atoms with Gasteiger partial charge in [0.2, 0.25) is 4.91 Å². The van der Waals surface area contributed by atoms with E-state index in [-0.39, 0.29) is 10.2 Å². The number of nitrogens with zero attached hydrogens (tertiary/aromatic N) is 2. The van der Waals surface area contributed by atoms with Crippen LogP contribution in [0.3, 0.4) is 0 Å². The summed E-state index contributed by atoms with van der Waals surface area (Å²) in [5.74, 6) is 0. The van der Waals surface area contributed by atoms with Gasteiger partial charge in [-0.15, -0.1) is 12.6 Å². The summed E-state index contributed by atoms with van der Waals surface area (Å²) in [5, 5.41) is 3.29. The van der Waals surface area contributed by atoms with Crippen molar-refractivity contribution in [3.8, 4) is 0 Å². The predicted octanol–water partition coefficient (Wildman–Crippen LogP) is 3.19. The summed E-state index contributed by atoms with van der Waals surface area (Å²) in [4.78, 5) is 22.2. The van der Waals surface area contributed by atoms with Crippen LogP contribution >= 0.6 is 12.6 Å². The SMILES string of the molecule is CCC(=O)S.CCC(=O)[S-].N=[N+]=Nc1ccccc1. The number of thiol groups is 1. The molecule has 104 valence electrons. The van der Waals surface area contributed by atoms with E-state index in [0.717, 1.165) is 0 Å². The first-order valence-electron chi connectivity index (χ1n) is 5.52. The normalized spacial score (nSPS) is 7.74. The van der Waals surface area contributed by atoms with Crippen molar-refractivity contribution in [1.82, 2.24) is 4.91 Å². The fraction of sp³-hybridized carbons (Fsp3) is 0.333. The largest absolute Gasteiger partial charge is 0.742 e. The van der Waals surface area contributed by atoms with Crippen molar-refractivity contribution < 1.29 is 9.59 Å². The van der Waals surface area contributed by atoms with Gasteiger partial charge in [-0.3, -0.25) is 4.79 Å². The highest BCUT2D eigenvalue weighted by molar-refractivity contribution is 7.96. The van der Waals surface area contributed by atoms with Crippen molar-refractivity contribution in [3.05, 3.63) is 30.3 Å². The second-order valence-corrected chi connectivity index (χ2v) is 3.96.